The minimum atomic E-state index is -1.70. The van der Waals surface area contributed by atoms with Gasteiger partial charge in [-0.3, -0.25) is 4.79 Å². The summed E-state index contributed by atoms with van der Waals surface area (Å²) in [4.78, 5) is 49.2. The van der Waals surface area contributed by atoms with Crippen LogP contribution in [0.1, 0.15) is 27.6 Å². The number of rotatable bonds is 10. The van der Waals surface area contributed by atoms with Crippen molar-refractivity contribution < 1.29 is 47.6 Å². The van der Waals surface area contributed by atoms with Crippen LogP contribution >= 0.6 is 46.7 Å². The molecule has 2 fully saturated rings. The van der Waals surface area contributed by atoms with E-state index in [-0.39, 0.29) is 24.3 Å². The second kappa shape index (κ2) is 13.5. The largest absolute Gasteiger partial charge is 0.458 e. The molecule has 214 valence electrons. The predicted molar refractivity (Wildman–Crippen MR) is 147 cm³/mol. The predicted octanol–water partition coefficient (Wildman–Crippen LogP) is 4.36. The van der Waals surface area contributed by atoms with Crippen LogP contribution in [0.3, 0.4) is 0 Å². The van der Waals surface area contributed by atoms with Crippen molar-refractivity contribution in [1.29, 1.82) is 0 Å². The molecule has 0 amide bonds. The number of esters is 4. The number of halogens is 2. The van der Waals surface area contributed by atoms with Gasteiger partial charge in [-0.2, -0.15) is 0 Å². The molecule has 2 aliphatic heterocycles. The maximum absolute atomic E-state index is 13.5. The number of carbonyl (C=O) groups excluding carboxylic acids is 4. The first-order valence-corrected chi connectivity index (χ1v) is 14.7. The molecule has 2 saturated heterocycles. The number of benzene rings is 2. The van der Waals surface area contributed by atoms with Crippen LogP contribution in [0.2, 0.25) is 10.0 Å². The summed E-state index contributed by atoms with van der Waals surface area (Å²) in [6, 6.07) is 12.2. The van der Waals surface area contributed by atoms with Gasteiger partial charge < -0.3 is 28.4 Å². The summed E-state index contributed by atoms with van der Waals surface area (Å²) in [6.45, 7) is 0.642. The SMILES string of the molecule is CC(=O)OC(C(=O)OC1(COC(=O)c2cccc(Cl)c2)OCCS1)C1(COC(=O)c2ccc(Cl)cc2)OCCS1. The molecule has 4 rings (SSSR count). The van der Waals surface area contributed by atoms with Crippen molar-refractivity contribution in [3.63, 3.8) is 0 Å². The van der Waals surface area contributed by atoms with Gasteiger partial charge in [-0.1, -0.05) is 41.0 Å². The first-order valence-electron chi connectivity index (χ1n) is 11.9. The molecule has 10 nitrogen and oxygen atoms in total. The average Bonchev–Trinajstić information content (AvgIpc) is 3.60. The monoisotopic (exact) mass is 630 g/mol. The standard InChI is InChI=1S/C26H24Cl2O10S2/c1-16(29)37-21(25(35-9-11-39-25)14-33-22(30)17-5-7-19(27)8-6-17)24(32)38-26(36-10-12-40-26)15-34-23(31)18-3-2-4-20(28)13-18/h2-8,13,21H,9-12,14-15H2,1H3. The van der Waals surface area contributed by atoms with Crippen LogP contribution in [-0.4, -0.2) is 78.0 Å². The molecule has 0 spiro atoms. The van der Waals surface area contributed by atoms with E-state index >= 15 is 0 Å². The Kier molecular flexibility index (Phi) is 10.3. The Morgan fingerprint density at radius 2 is 1.55 bits per heavy atom. The zero-order chi connectivity index (χ0) is 28.8. The number of thioether (sulfide) groups is 2. The Labute approximate surface area is 248 Å². The lowest BCUT2D eigenvalue weighted by Crippen LogP contribution is -2.53. The van der Waals surface area contributed by atoms with E-state index in [9.17, 15) is 19.2 Å². The van der Waals surface area contributed by atoms with Crippen molar-refractivity contribution in [2.45, 2.75) is 23.1 Å². The lowest BCUT2D eigenvalue weighted by molar-refractivity contribution is -0.216. The van der Waals surface area contributed by atoms with Crippen LogP contribution < -0.4 is 0 Å². The third-order valence-corrected chi connectivity index (χ3v) is 8.51. The minimum Gasteiger partial charge on any atom is -0.458 e. The fourth-order valence-electron chi connectivity index (χ4n) is 3.77. The van der Waals surface area contributed by atoms with Crippen LogP contribution in [-0.2, 0) is 38.0 Å². The van der Waals surface area contributed by atoms with Gasteiger partial charge >= 0.3 is 23.9 Å². The molecule has 2 aromatic carbocycles. The van der Waals surface area contributed by atoms with Crippen molar-refractivity contribution in [3.8, 4) is 0 Å². The second-order valence-electron chi connectivity index (χ2n) is 8.47. The normalized spacial score (nSPS) is 22.8. The molecular weight excluding hydrogens is 607 g/mol. The van der Waals surface area contributed by atoms with E-state index in [0.29, 0.717) is 21.6 Å². The maximum atomic E-state index is 13.5. The van der Waals surface area contributed by atoms with Gasteiger partial charge in [0, 0.05) is 28.5 Å². The highest BCUT2D eigenvalue weighted by Crippen LogP contribution is 2.41. The maximum Gasteiger partial charge on any atom is 0.354 e. The van der Waals surface area contributed by atoms with Gasteiger partial charge in [-0.05, 0) is 42.5 Å². The van der Waals surface area contributed by atoms with E-state index in [1.807, 2.05) is 0 Å². The van der Waals surface area contributed by atoms with Gasteiger partial charge in [0.25, 0.3) is 5.12 Å². The number of ether oxygens (including phenoxy) is 6. The van der Waals surface area contributed by atoms with E-state index in [2.05, 4.69) is 0 Å². The molecule has 40 heavy (non-hydrogen) atoms. The van der Waals surface area contributed by atoms with Crippen LogP contribution in [0.25, 0.3) is 0 Å². The topological polar surface area (TPSA) is 124 Å². The van der Waals surface area contributed by atoms with Crippen molar-refractivity contribution in [3.05, 3.63) is 69.7 Å². The Hall–Kier alpha value is -2.48. The minimum absolute atomic E-state index is 0.196. The van der Waals surface area contributed by atoms with Crippen LogP contribution in [0, 0.1) is 0 Å². The van der Waals surface area contributed by atoms with Gasteiger partial charge in [0.2, 0.25) is 6.10 Å². The van der Waals surface area contributed by atoms with E-state index in [4.69, 9.17) is 51.6 Å². The fraction of sp³-hybridized carbons (Fsp3) is 0.385. The van der Waals surface area contributed by atoms with Gasteiger partial charge in [0.1, 0.15) is 6.61 Å². The van der Waals surface area contributed by atoms with Crippen molar-refractivity contribution >= 4 is 70.6 Å². The lowest BCUT2D eigenvalue weighted by Gasteiger charge is -2.35. The zero-order valence-corrected chi connectivity index (χ0v) is 24.2. The molecular formula is C26H24Cl2O10S2. The van der Waals surface area contributed by atoms with Gasteiger partial charge in [-0.25, -0.2) is 14.4 Å². The van der Waals surface area contributed by atoms with Crippen molar-refractivity contribution in [2.24, 2.45) is 0 Å². The van der Waals surface area contributed by atoms with Crippen LogP contribution in [0.15, 0.2) is 48.5 Å². The summed E-state index contributed by atoms with van der Waals surface area (Å²) in [6.07, 6.45) is -1.64. The molecule has 3 atom stereocenters. The lowest BCUT2D eigenvalue weighted by atomic mass is 10.2. The first-order chi connectivity index (χ1) is 19.1. The Balaban J connectivity index is 1.49. The van der Waals surface area contributed by atoms with Crippen LogP contribution in [0.5, 0.6) is 0 Å². The van der Waals surface area contributed by atoms with E-state index < -0.39 is 53.2 Å². The molecule has 14 heteroatoms. The summed E-state index contributed by atoms with van der Waals surface area (Å²) >= 11 is 14.1. The van der Waals surface area contributed by atoms with Gasteiger partial charge in [0.15, 0.2) is 11.5 Å². The summed E-state index contributed by atoms with van der Waals surface area (Å²) in [7, 11) is 0. The third-order valence-electron chi connectivity index (χ3n) is 5.58. The van der Waals surface area contributed by atoms with Gasteiger partial charge in [-0.15, -0.1) is 11.8 Å². The average molecular weight is 632 g/mol. The Morgan fingerprint density at radius 3 is 2.17 bits per heavy atom. The molecule has 0 saturated carbocycles. The molecule has 0 bridgehead atoms. The van der Waals surface area contributed by atoms with Gasteiger partial charge in [0.05, 0.1) is 24.3 Å². The number of hydrogen-bond acceptors (Lipinski definition) is 12. The van der Waals surface area contributed by atoms with E-state index in [1.165, 1.54) is 36.4 Å². The van der Waals surface area contributed by atoms with Crippen LogP contribution in [0.4, 0.5) is 0 Å². The second-order valence-corrected chi connectivity index (χ2v) is 12.0. The molecule has 0 aromatic heterocycles. The fourth-order valence-corrected chi connectivity index (χ4v) is 6.13. The van der Waals surface area contributed by atoms with Crippen molar-refractivity contribution in [1.82, 2.24) is 0 Å². The Morgan fingerprint density at radius 1 is 0.875 bits per heavy atom. The molecule has 2 aliphatic rings. The quantitative estimate of drug-likeness (QED) is 0.274. The number of hydrogen-bond donors (Lipinski definition) is 0. The number of carbonyl (C=O) groups is 4. The molecule has 3 unspecified atom stereocenters. The summed E-state index contributed by atoms with van der Waals surface area (Å²) in [5, 5.41) is -0.907. The highest BCUT2D eigenvalue weighted by molar-refractivity contribution is 8.01. The molecule has 0 N–H and O–H groups in total. The molecule has 0 aliphatic carbocycles. The molecule has 2 aromatic rings. The third kappa shape index (κ3) is 7.62. The summed E-state index contributed by atoms with van der Waals surface area (Å²) in [5.41, 5.74) is 0.428. The summed E-state index contributed by atoms with van der Waals surface area (Å²) in [5.74, 6) is -2.35. The highest BCUT2D eigenvalue weighted by Gasteiger charge is 2.55. The van der Waals surface area contributed by atoms with E-state index in [1.54, 1.807) is 12.1 Å². The first kappa shape index (κ1) is 30.5. The van der Waals surface area contributed by atoms with E-state index in [0.717, 1.165) is 30.4 Å². The molecule has 2 heterocycles. The zero-order valence-electron chi connectivity index (χ0n) is 21.1. The molecule has 0 radical (unpaired) electrons. The highest BCUT2D eigenvalue weighted by atomic mass is 35.5. The van der Waals surface area contributed by atoms with Crippen molar-refractivity contribution in [2.75, 3.05) is 37.9 Å². The summed E-state index contributed by atoms with van der Waals surface area (Å²) < 4.78 is 33.4. The smallest absolute Gasteiger partial charge is 0.354 e. The Bertz CT molecular complexity index is 1240.